The van der Waals surface area contributed by atoms with E-state index < -0.39 is 5.97 Å². The minimum atomic E-state index is -0.552. The molecule has 0 radical (unpaired) electrons. The molecule has 0 N–H and O–H groups in total. The molecule has 0 amide bonds. The molecule has 0 aliphatic carbocycles. The third-order valence-corrected chi connectivity index (χ3v) is 4.69. The van der Waals surface area contributed by atoms with Gasteiger partial charge in [-0.25, -0.2) is 4.79 Å². The maximum absolute atomic E-state index is 12.6. The number of ether oxygens (including phenoxy) is 2. The molecule has 0 atom stereocenters. The highest BCUT2D eigenvalue weighted by Crippen LogP contribution is 2.26. The van der Waals surface area contributed by atoms with E-state index in [0.717, 1.165) is 16.8 Å². The molecule has 0 bridgehead atoms. The first-order valence-electron chi connectivity index (χ1n) is 8.22. The summed E-state index contributed by atoms with van der Waals surface area (Å²) in [7, 11) is 1.58. The van der Waals surface area contributed by atoms with Crippen LogP contribution in [0.4, 0.5) is 0 Å². The molecule has 0 aliphatic rings. The van der Waals surface area contributed by atoms with Gasteiger partial charge in [0.1, 0.15) is 0 Å². The minimum Gasteiger partial charge on any atom is -0.404 e. The van der Waals surface area contributed by atoms with Crippen molar-refractivity contribution in [3.8, 4) is 11.6 Å². The fourth-order valence-electron chi connectivity index (χ4n) is 2.69. The maximum atomic E-state index is 12.6. The molecule has 1 aromatic heterocycles. The standard InChI is InChI=1S/C20H18Cl2N2O3/c1-12-4-7-18(13(2)8-12)24-19(10-15(23-24)11-26-3)27-20(25)14-5-6-16(21)17(22)9-14/h4-10H,11H2,1-3H3. The second-order valence-corrected chi connectivity index (χ2v) is 6.94. The Morgan fingerprint density at radius 2 is 1.85 bits per heavy atom. The highest BCUT2D eigenvalue weighted by Gasteiger charge is 2.18. The van der Waals surface area contributed by atoms with Crippen LogP contribution >= 0.6 is 23.2 Å². The zero-order valence-corrected chi connectivity index (χ0v) is 16.6. The largest absolute Gasteiger partial charge is 0.404 e. The van der Waals surface area contributed by atoms with E-state index in [-0.39, 0.29) is 5.02 Å². The van der Waals surface area contributed by atoms with Gasteiger partial charge in [0.2, 0.25) is 5.88 Å². The van der Waals surface area contributed by atoms with E-state index in [0.29, 0.717) is 28.8 Å². The maximum Gasteiger partial charge on any atom is 0.344 e. The molecule has 0 spiro atoms. The monoisotopic (exact) mass is 404 g/mol. The molecule has 1 heterocycles. The van der Waals surface area contributed by atoms with Crippen LogP contribution in [0.25, 0.3) is 5.69 Å². The van der Waals surface area contributed by atoms with E-state index in [1.54, 1.807) is 30.0 Å². The minimum absolute atomic E-state index is 0.286. The second kappa shape index (κ2) is 8.13. The van der Waals surface area contributed by atoms with Crippen molar-refractivity contribution in [2.45, 2.75) is 20.5 Å². The van der Waals surface area contributed by atoms with Gasteiger partial charge in [-0.3, -0.25) is 0 Å². The first kappa shape index (κ1) is 19.4. The summed E-state index contributed by atoms with van der Waals surface area (Å²) in [6, 6.07) is 12.2. The van der Waals surface area contributed by atoms with Crippen LogP contribution in [0.5, 0.6) is 5.88 Å². The SMILES string of the molecule is COCc1cc(OC(=O)c2ccc(Cl)c(Cl)c2)n(-c2ccc(C)cc2C)n1. The zero-order valence-electron chi connectivity index (χ0n) is 15.1. The highest BCUT2D eigenvalue weighted by molar-refractivity contribution is 6.42. The summed E-state index contributed by atoms with van der Waals surface area (Å²) < 4.78 is 12.3. The summed E-state index contributed by atoms with van der Waals surface area (Å²) in [6.07, 6.45) is 0. The van der Waals surface area contributed by atoms with Gasteiger partial charge in [-0.1, -0.05) is 40.9 Å². The number of esters is 1. The van der Waals surface area contributed by atoms with Gasteiger partial charge in [-0.15, -0.1) is 0 Å². The predicted octanol–water partition coefficient (Wildman–Crippen LogP) is 5.16. The van der Waals surface area contributed by atoms with E-state index in [1.165, 1.54) is 6.07 Å². The van der Waals surface area contributed by atoms with Crippen molar-refractivity contribution in [1.82, 2.24) is 9.78 Å². The molecular formula is C20H18Cl2N2O3. The molecule has 140 valence electrons. The van der Waals surface area contributed by atoms with Gasteiger partial charge in [0.05, 0.1) is 33.6 Å². The first-order chi connectivity index (χ1) is 12.9. The molecule has 0 fully saturated rings. The predicted molar refractivity (Wildman–Crippen MR) is 105 cm³/mol. The number of rotatable bonds is 5. The topological polar surface area (TPSA) is 53.4 Å². The summed E-state index contributed by atoms with van der Waals surface area (Å²) in [5, 5.41) is 5.16. The molecule has 5 nitrogen and oxygen atoms in total. The number of methoxy groups -OCH3 is 1. The van der Waals surface area contributed by atoms with Crippen LogP contribution in [0.3, 0.4) is 0 Å². The van der Waals surface area contributed by atoms with Gasteiger partial charge in [-0.05, 0) is 43.7 Å². The number of nitrogens with zero attached hydrogens (tertiary/aromatic N) is 2. The summed E-state index contributed by atoms with van der Waals surface area (Å²) in [5.41, 5.74) is 3.91. The van der Waals surface area contributed by atoms with Crippen molar-refractivity contribution in [2.24, 2.45) is 0 Å². The van der Waals surface area contributed by atoms with Gasteiger partial charge in [0.15, 0.2) is 0 Å². The van der Waals surface area contributed by atoms with Gasteiger partial charge >= 0.3 is 5.97 Å². The lowest BCUT2D eigenvalue weighted by Gasteiger charge is -2.11. The van der Waals surface area contributed by atoms with E-state index in [4.69, 9.17) is 32.7 Å². The molecule has 2 aromatic carbocycles. The molecule has 27 heavy (non-hydrogen) atoms. The van der Waals surface area contributed by atoms with Crippen LogP contribution in [-0.4, -0.2) is 22.9 Å². The van der Waals surface area contributed by atoms with Crippen molar-refractivity contribution in [3.63, 3.8) is 0 Å². The smallest absolute Gasteiger partial charge is 0.344 e. The van der Waals surface area contributed by atoms with Crippen LogP contribution in [0.2, 0.25) is 10.0 Å². The van der Waals surface area contributed by atoms with Gasteiger partial charge in [0, 0.05) is 13.2 Å². The number of aryl methyl sites for hydroxylation is 2. The van der Waals surface area contributed by atoms with E-state index in [1.807, 2.05) is 32.0 Å². The van der Waals surface area contributed by atoms with Crippen molar-refractivity contribution in [3.05, 3.63) is 74.9 Å². The van der Waals surface area contributed by atoms with Crippen molar-refractivity contribution < 1.29 is 14.3 Å². The van der Waals surface area contributed by atoms with Gasteiger partial charge < -0.3 is 9.47 Å². The third-order valence-electron chi connectivity index (χ3n) is 3.95. The molecule has 0 aliphatic heterocycles. The Hall–Kier alpha value is -2.34. The molecule has 0 saturated heterocycles. The number of hydrogen-bond acceptors (Lipinski definition) is 4. The third kappa shape index (κ3) is 4.33. The van der Waals surface area contributed by atoms with Crippen LogP contribution < -0.4 is 4.74 Å². The second-order valence-electron chi connectivity index (χ2n) is 6.13. The summed E-state index contributed by atoms with van der Waals surface area (Å²) in [4.78, 5) is 12.6. The molecule has 0 saturated carbocycles. The van der Waals surface area contributed by atoms with Crippen LogP contribution in [0.1, 0.15) is 27.2 Å². The number of hydrogen-bond donors (Lipinski definition) is 0. The first-order valence-corrected chi connectivity index (χ1v) is 8.97. The Bertz CT molecular complexity index is 999. The summed E-state index contributed by atoms with van der Waals surface area (Å²) in [5.74, 6) is -0.256. The van der Waals surface area contributed by atoms with E-state index in [2.05, 4.69) is 5.10 Å². The Morgan fingerprint density at radius 1 is 1.07 bits per heavy atom. The lowest BCUT2D eigenvalue weighted by atomic mass is 10.1. The van der Waals surface area contributed by atoms with Gasteiger partial charge in [-0.2, -0.15) is 9.78 Å². The Kier molecular flexibility index (Phi) is 5.85. The quantitative estimate of drug-likeness (QED) is 0.550. The average molecular weight is 405 g/mol. The number of carbonyl (C=O) groups is 1. The number of aromatic nitrogens is 2. The number of benzene rings is 2. The normalized spacial score (nSPS) is 10.9. The fourth-order valence-corrected chi connectivity index (χ4v) is 2.99. The molecule has 7 heteroatoms. The molecule has 0 unspecified atom stereocenters. The van der Waals surface area contributed by atoms with Gasteiger partial charge in [0.25, 0.3) is 0 Å². The zero-order chi connectivity index (χ0) is 19.6. The number of halogens is 2. The lowest BCUT2D eigenvalue weighted by Crippen LogP contribution is -2.12. The Labute approximate surface area is 167 Å². The van der Waals surface area contributed by atoms with E-state index >= 15 is 0 Å². The van der Waals surface area contributed by atoms with Crippen molar-refractivity contribution in [1.29, 1.82) is 0 Å². The summed E-state index contributed by atoms with van der Waals surface area (Å²) >= 11 is 11.9. The fraction of sp³-hybridized carbons (Fsp3) is 0.200. The molecule has 3 rings (SSSR count). The van der Waals surface area contributed by atoms with Crippen LogP contribution in [0, 0.1) is 13.8 Å². The highest BCUT2D eigenvalue weighted by atomic mass is 35.5. The molecular weight excluding hydrogens is 387 g/mol. The van der Waals surface area contributed by atoms with Crippen LogP contribution in [0.15, 0.2) is 42.5 Å². The average Bonchev–Trinajstić information content (AvgIpc) is 2.99. The van der Waals surface area contributed by atoms with Crippen LogP contribution in [-0.2, 0) is 11.3 Å². The number of carbonyl (C=O) groups excluding carboxylic acids is 1. The molecule has 3 aromatic rings. The lowest BCUT2D eigenvalue weighted by molar-refractivity contribution is 0.0723. The van der Waals surface area contributed by atoms with Crippen molar-refractivity contribution >= 4 is 29.2 Å². The summed E-state index contributed by atoms with van der Waals surface area (Å²) in [6.45, 7) is 4.29. The van der Waals surface area contributed by atoms with Crippen molar-refractivity contribution in [2.75, 3.05) is 7.11 Å². The van der Waals surface area contributed by atoms with E-state index in [9.17, 15) is 4.79 Å². The Morgan fingerprint density at radius 3 is 2.52 bits per heavy atom. The Balaban J connectivity index is 1.98.